The number of rotatable bonds is 16. The summed E-state index contributed by atoms with van der Waals surface area (Å²) in [6.45, 7) is 11.2. The molecule has 0 aromatic heterocycles. The molecule has 0 spiro atoms. The number of halogens is 10. The van der Waals surface area contributed by atoms with E-state index >= 15 is 0 Å². The average Bonchev–Trinajstić information content (AvgIpc) is 2.79. The second-order valence-electron chi connectivity index (χ2n) is 8.66. The van der Waals surface area contributed by atoms with Crippen molar-refractivity contribution >= 4 is 17.9 Å². The van der Waals surface area contributed by atoms with E-state index in [2.05, 4.69) is 33.9 Å². The maximum atomic E-state index is 14.3. The van der Waals surface area contributed by atoms with Gasteiger partial charge in [-0.3, -0.25) is 0 Å². The Balaban J connectivity index is 6.04. The van der Waals surface area contributed by atoms with E-state index in [0.717, 1.165) is 20.8 Å². The van der Waals surface area contributed by atoms with Crippen LogP contribution in [0.25, 0.3) is 0 Å². The van der Waals surface area contributed by atoms with Crippen molar-refractivity contribution in [2.45, 2.75) is 82.0 Å². The Bertz CT molecular complexity index is 980. The van der Waals surface area contributed by atoms with Gasteiger partial charge in [-0.1, -0.05) is 19.7 Å². The fourth-order valence-electron chi connectivity index (χ4n) is 2.48. The number of carbonyl (C=O) groups is 3. The highest BCUT2D eigenvalue weighted by Crippen LogP contribution is 2.58. The van der Waals surface area contributed by atoms with Crippen molar-refractivity contribution < 1.29 is 77.6 Å². The molecule has 0 bridgehead atoms. The topological polar surface area (TPSA) is 99.1 Å². The first-order valence-electron chi connectivity index (χ1n) is 10.9. The lowest BCUT2D eigenvalue weighted by molar-refractivity contribution is -0.405. The number of ether oxygens (including phenoxy) is 3. The normalized spacial score (nSPS) is 13.9. The molecule has 1 atom stereocenters. The summed E-state index contributed by atoms with van der Waals surface area (Å²) >= 11 is 0. The maximum absolute atomic E-state index is 14.3. The molecule has 0 saturated heterocycles. The molecule has 0 saturated carbocycles. The zero-order valence-electron chi connectivity index (χ0n) is 21.3. The van der Waals surface area contributed by atoms with E-state index in [1.54, 1.807) is 0 Å². The second kappa shape index (κ2) is 13.0. The summed E-state index contributed by atoms with van der Waals surface area (Å²) in [4.78, 5) is 34.4. The second-order valence-corrected chi connectivity index (χ2v) is 8.66. The average molecular weight is 604 g/mol. The molecule has 40 heavy (non-hydrogen) atoms. The molecule has 0 aliphatic heterocycles. The van der Waals surface area contributed by atoms with Crippen LogP contribution in [0.15, 0.2) is 36.5 Å². The van der Waals surface area contributed by atoms with Crippen molar-refractivity contribution in [1.82, 2.24) is 0 Å². The summed E-state index contributed by atoms with van der Waals surface area (Å²) in [5.74, 6) is -38.6. The predicted octanol–water partition coefficient (Wildman–Crippen LogP) is 5.38. The van der Waals surface area contributed by atoms with Crippen molar-refractivity contribution in [1.29, 1.82) is 0 Å². The van der Waals surface area contributed by atoms with Crippen LogP contribution >= 0.6 is 0 Å². The fourth-order valence-corrected chi connectivity index (χ4v) is 2.48. The number of hydrogen-bond donors (Lipinski definition) is 1. The summed E-state index contributed by atoms with van der Waals surface area (Å²) in [5, 5.41) is 9.87. The molecule has 0 aromatic carbocycles. The predicted molar refractivity (Wildman–Crippen MR) is 116 cm³/mol. The number of alkyl halides is 10. The van der Waals surface area contributed by atoms with Crippen molar-refractivity contribution in [2.24, 2.45) is 0 Å². The molecular formula is C23H26F10O7. The third-order valence-electron chi connectivity index (χ3n) is 4.85. The van der Waals surface area contributed by atoms with E-state index < -0.39 is 96.9 Å². The Labute approximate surface area is 221 Å². The Morgan fingerprint density at radius 2 is 1.05 bits per heavy atom. The summed E-state index contributed by atoms with van der Waals surface area (Å²) in [5.41, 5.74) is -1.27. The van der Waals surface area contributed by atoms with Gasteiger partial charge in [0.05, 0.1) is 13.0 Å². The Morgan fingerprint density at radius 1 is 0.675 bits per heavy atom. The summed E-state index contributed by atoms with van der Waals surface area (Å²) < 4.78 is 155. The lowest BCUT2D eigenvalue weighted by Gasteiger charge is -2.40. The van der Waals surface area contributed by atoms with Crippen molar-refractivity contribution in [3.63, 3.8) is 0 Å². The van der Waals surface area contributed by atoms with Crippen LogP contribution in [0.1, 0.15) is 40.0 Å². The minimum absolute atomic E-state index is 0.251. The van der Waals surface area contributed by atoms with Gasteiger partial charge in [-0.2, -0.15) is 43.9 Å². The molecule has 0 rings (SSSR count). The van der Waals surface area contributed by atoms with E-state index in [1.807, 2.05) is 0 Å². The van der Waals surface area contributed by atoms with Crippen molar-refractivity contribution in [2.75, 3.05) is 6.61 Å². The molecule has 0 radical (unpaired) electrons. The Hall–Kier alpha value is -3.11. The minimum Gasteiger partial charge on any atom is -0.462 e. The molecule has 1 unspecified atom stereocenters. The summed E-state index contributed by atoms with van der Waals surface area (Å²) in [6.07, 6.45) is -12.7. The fraction of sp³-hybridized carbons (Fsp3) is 0.609. The number of aliphatic hydroxyl groups excluding tert-OH is 1. The number of carbonyl (C=O) groups excluding carboxylic acids is 3. The highest BCUT2D eigenvalue weighted by Gasteiger charge is 2.85. The van der Waals surface area contributed by atoms with E-state index in [4.69, 9.17) is 0 Å². The molecule has 0 aliphatic rings. The van der Waals surface area contributed by atoms with Crippen LogP contribution in [-0.2, 0) is 28.6 Å². The van der Waals surface area contributed by atoms with Crippen LogP contribution in [0.2, 0.25) is 0 Å². The van der Waals surface area contributed by atoms with E-state index in [1.165, 1.54) is 0 Å². The van der Waals surface area contributed by atoms with Crippen molar-refractivity contribution in [3.8, 4) is 0 Å². The largest absolute Gasteiger partial charge is 0.462 e. The van der Waals surface area contributed by atoms with E-state index in [-0.39, 0.29) is 5.57 Å². The highest BCUT2D eigenvalue weighted by molar-refractivity contribution is 5.88. The molecule has 7 nitrogen and oxygen atoms in total. The van der Waals surface area contributed by atoms with Crippen molar-refractivity contribution in [3.05, 3.63) is 36.5 Å². The molecule has 0 heterocycles. The van der Waals surface area contributed by atoms with Crippen LogP contribution in [0, 0.1) is 0 Å². The smallest absolute Gasteiger partial charge is 0.384 e. The molecule has 1 N–H and O–H groups in total. The third kappa shape index (κ3) is 8.20. The van der Waals surface area contributed by atoms with Gasteiger partial charge < -0.3 is 19.3 Å². The minimum atomic E-state index is -7.46. The van der Waals surface area contributed by atoms with Gasteiger partial charge in [-0.25, -0.2) is 14.4 Å². The molecule has 230 valence electrons. The van der Waals surface area contributed by atoms with Crippen LogP contribution in [-0.4, -0.2) is 71.6 Å². The first kappa shape index (κ1) is 36.9. The SMILES string of the molecule is C=C(C)C(=O)OCCCC(F)(F)C(F)(F)C(F)(F)C(F)(F)C(F)(F)CC(O)C(OC(=O)C(=C)C)OC(=O)C(=C)C. The van der Waals surface area contributed by atoms with Gasteiger partial charge in [0.25, 0.3) is 6.29 Å². The number of esters is 3. The van der Waals surface area contributed by atoms with Gasteiger partial charge in [0.1, 0.15) is 6.10 Å². The molecular weight excluding hydrogens is 578 g/mol. The van der Waals surface area contributed by atoms with Crippen LogP contribution < -0.4 is 0 Å². The van der Waals surface area contributed by atoms with E-state index in [9.17, 15) is 63.4 Å². The quantitative estimate of drug-likeness (QED) is 0.0831. The zero-order chi connectivity index (χ0) is 32.1. The molecule has 0 aliphatic carbocycles. The summed E-state index contributed by atoms with van der Waals surface area (Å²) in [6, 6.07) is 0. The standard InChI is InChI=1S/C23H26F10O7/c1-11(2)15(35)38-9-7-8-19(24,25)21(28,29)23(32,33)22(30,31)20(26,27)10-14(34)18(39-16(36)12(3)4)40-17(37)13(5)6/h14,18,34H,1,3,5,7-10H2,2,4,6H3. The van der Waals surface area contributed by atoms with E-state index in [0.29, 0.717) is 0 Å². The highest BCUT2D eigenvalue weighted by atomic mass is 19.4. The number of hydrogen-bond acceptors (Lipinski definition) is 7. The molecule has 17 heteroatoms. The van der Waals surface area contributed by atoms with Crippen LogP contribution in [0.5, 0.6) is 0 Å². The summed E-state index contributed by atoms with van der Waals surface area (Å²) in [7, 11) is 0. The van der Waals surface area contributed by atoms with Gasteiger partial charge in [-0.05, 0) is 27.2 Å². The van der Waals surface area contributed by atoms with Crippen LogP contribution in [0.3, 0.4) is 0 Å². The Morgan fingerprint density at radius 3 is 1.43 bits per heavy atom. The van der Waals surface area contributed by atoms with Gasteiger partial charge >= 0.3 is 47.5 Å². The monoisotopic (exact) mass is 604 g/mol. The molecule has 0 aromatic rings. The first-order valence-corrected chi connectivity index (χ1v) is 10.9. The van der Waals surface area contributed by atoms with Crippen LogP contribution in [0.4, 0.5) is 43.9 Å². The lowest BCUT2D eigenvalue weighted by Crippen LogP contribution is -2.67. The lowest BCUT2D eigenvalue weighted by atomic mass is 9.90. The third-order valence-corrected chi connectivity index (χ3v) is 4.85. The molecule has 0 fully saturated rings. The van der Waals surface area contributed by atoms with Gasteiger partial charge in [-0.15, -0.1) is 0 Å². The Kier molecular flexibility index (Phi) is 12.0. The van der Waals surface area contributed by atoms with Gasteiger partial charge in [0.2, 0.25) is 0 Å². The van der Waals surface area contributed by atoms with Gasteiger partial charge in [0.15, 0.2) is 0 Å². The maximum Gasteiger partial charge on any atom is 0.384 e. The molecule has 0 amide bonds. The first-order chi connectivity index (χ1) is 17.8. The zero-order valence-corrected chi connectivity index (χ0v) is 21.3. The van der Waals surface area contributed by atoms with Gasteiger partial charge in [0, 0.05) is 23.1 Å². The number of aliphatic hydroxyl groups is 1.